The maximum atomic E-state index is 12.3. The topological polar surface area (TPSA) is 73.9 Å². The predicted octanol–water partition coefficient (Wildman–Crippen LogP) is 3.26. The summed E-state index contributed by atoms with van der Waals surface area (Å²) in [6.07, 6.45) is -0.934. The zero-order chi connectivity index (χ0) is 18.7. The van der Waals surface area contributed by atoms with E-state index in [1.807, 2.05) is 19.9 Å². The molecule has 6 nitrogen and oxygen atoms in total. The molecule has 0 saturated carbocycles. The van der Waals surface area contributed by atoms with Gasteiger partial charge in [-0.15, -0.1) is 0 Å². The van der Waals surface area contributed by atoms with E-state index in [0.717, 1.165) is 11.1 Å². The van der Waals surface area contributed by atoms with Crippen molar-refractivity contribution in [3.8, 4) is 11.5 Å². The summed E-state index contributed by atoms with van der Waals surface area (Å²) < 4.78 is 16.2. The fourth-order valence-corrected chi connectivity index (χ4v) is 2.74. The van der Waals surface area contributed by atoms with Gasteiger partial charge in [0.15, 0.2) is 17.6 Å². The number of carbonyl (C=O) groups excluding carboxylic acids is 2. The molecule has 0 fully saturated rings. The van der Waals surface area contributed by atoms with Crippen molar-refractivity contribution < 1.29 is 23.8 Å². The van der Waals surface area contributed by atoms with Crippen LogP contribution >= 0.6 is 0 Å². The van der Waals surface area contributed by atoms with Crippen molar-refractivity contribution in [3.05, 3.63) is 53.1 Å². The lowest BCUT2D eigenvalue weighted by atomic mass is 10.1. The molecule has 1 unspecified atom stereocenters. The molecule has 0 spiro atoms. The summed E-state index contributed by atoms with van der Waals surface area (Å²) >= 11 is 0. The second-order valence-electron chi connectivity index (χ2n) is 6.27. The van der Waals surface area contributed by atoms with Gasteiger partial charge in [0.25, 0.3) is 5.91 Å². The largest absolute Gasteiger partial charge is 0.486 e. The number of ether oxygens (including phenoxy) is 3. The smallest absolute Gasteiger partial charge is 0.338 e. The Morgan fingerprint density at radius 1 is 1.00 bits per heavy atom. The minimum absolute atomic E-state index is 0.417. The lowest BCUT2D eigenvalue weighted by molar-refractivity contribution is -0.123. The Kier molecular flexibility index (Phi) is 5.11. The number of hydrogen-bond donors (Lipinski definition) is 1. The number of rotatable bonds is 4. The van der Waals surface area contributed by atoms with Crippen LogP contribution in [0.4, 0.5) is 5.69 Å². The maximum absolute atomic E-state index is 12.3. The number of amides is 1. The Morgan fingerprint density at radius 2 is 1.65 bits per heavy atom. The van der Waals surface area contributed by atoms with Crippen LogP contribution in [0, 0.1) is 13.8 Å². The molecule has 0 radical (unpaired) electrons. The molecule has 3 rings (SSSR count). The van der Waals surface area contributed by atoms with Gasteiger partial charge in [-0.05, 0) is 45.0 Å². The highest BCUT2D eigenvalue weighted by Crippen LogP contribution is 2.32. The number of fused-ring (bicyclic) bond motifs is 1. The maximum Gasteiger partial charge on any atom is 0.338 e. The van der Waals surface area contributed by atoms with E-state index in [1.165, 1.54) is 6.92 Å². The van der Waals surface area contributed by atoms with Gasteiger partial charge < -0.3 is 19.5 Å². The van der Waals surface area contributed by atoms with Crippen molar-refractivity contribution in [1.29, 1.82) is 0 Å². The molecular weight excluding hydrogens is 334 g/mol. The predicted molar refractivity (Wildman–Crippen MR) is 96.9 cm³/mol. The van der Waals surface area contributed by atoms with Crippen molar-refractivity contribution in [2.24, 2.45) is 0 Å². The van der Waals surface area contributed by atoms with Crippen molar-refractivity contribution in [2.75, 3.05) is 18.5 Å². The standard InChI is InChI=1S/C20H21NO5/c1-12-8-13(2)10-15(9-12)20(23)26-14(3)19(22)21-16-4-5-17-18(11-16)25-7-6-24-17/h4-5,8-11,14H,6-7H2,1-3H3,(H,21,22). The van der Waals surface area contributed by atoms with Crippen LogP contribution in [0.1, 0.15) is 28.4 Å². The number of aryl methyl sites for hydroxylation is 2. The van der Waals surface area contributed by atoms with Gasteiger partial charge in [-0.1, -0.05) is 17.2 Å². The van der Waals surface area contributed by atoms with Crippen LogP contribution in [-0.4, -0.2) is 31.2 Å². The third kappa shape index (κ3) is 4.14. The van der Waals surface area contributed by atoms with Gasteiger partial charge in [-0.2, -0.15) is 0 Å². The normalized spacial score (nSPS) is 13.7. The van der Waals surface area contributed by atoms with Crippen LogP contribution in [0.5, 0.6) is 11.5 Å². The molecule has 0 saturated heterocycles. The first-order chi connectivity index (χ1) is 12.4. The summed E-state index contributed by atoms with van der Waals surface area (Å²) in [5.41, 5.74) is 2.91. The highest BCUT2D eigenvalue weighted by molar-refractivity contribution is 5.97. The van der Waals surface area contributed by atoms with Gasteiger partial charge in [0.2, 0.25) is 0 Å². The second kappa shape index (κ2) is 7.47. The highest BCUT2D eigenvalue weighted by Gasteiger charge is 2.20. The van der Waals surface area contributed by atoms with Crippen LogP contribution in [0.2, 0.25) is 0 Å². The van der Waals surface area contributed by atoms with Gasteiger partial charge in [0.1, 0.15) is 13.2 Å². The Hall–Kier alpha value is -3.02. The average molecular weight is 355 g/mol. The first-order valence-corrected chi connectivity index (χ1v) is 8.42. The van der Waals surface area contributed by atoms with Crippen LogP contribution in [0.25, 0.3) is 0 Å². The fraction of sp³-hybridized carbons (Fsp3) is 0.300. The molecule has 1 atom stereocenters. The Bertz CT molecular complexity index is 826. The molecule has 0 aromatic heterocycles. The number of hydrogen-bond acceptors (Lipinski definition) is 5. The third-order valence-corrected chi connectivity index (χ3v) is 3.92. The lowest BCUT2D eigenvalue weighted by Gasteiger charge is -2.19. The van der Waals surface area contributed by atoms with E-state index in [0.29, 0.717) is 36.0 Å². The van der Waals surface area contributed by atoms with E-state index in [1.54, 1.807) is 30.3 Å². The second-order valence-corrected chi connectivity index (χ2v) is 6.27. The molecule has 1 aliphatic heterocycles. The van der Waals surface area contributed by atoms with Crippen molar-refractivity contribution in [1.82, 2.24) is 0 Å². The summed E-state index contributed by atoms with van der Waals surface area (Å²) in [5, 5.41) is 2.72. The molecule has 136 valence electrons. The monoisotopic (exact) mass is 355 g/mol. The minimum atomic E-state index is -0.934. The number of carbonyl (C=O) groups is 2. The van der Waals surface area contributed by atoms with Crippen molar-refractivity contribution in [2.45, 2.75) is 26.9 Å². The molecule has 2 aromatic rings. The number of benzene rings is 2. The van der Waals surface area contributed by atoms with Crippen LogP contribution < -0.4 is 14.8 Å². The molecule has 1 amide bonds. The molecular formula is C20H21NO5. The Balaban J connectivity index is 1.63. The van der Waals surface area contributed by atoms with Crippen molar-refractivity contribution in [3.63, 3.8) is 0 Å². The van der Waals surface area contributed by atoms with Gasteiger partial charge in [-0.25, -0.2) is 4.79 Å². The molecule has 0 bridgehead atoms. The van der Waals surface area contributed by atoms with E-state index in [2.05, 4.69) is 5.32 Å². The Labute approximate surface area is 152 Å². The average Bonchev–Trinajstić information content (AvgIpc) is 2.60. The molecule has 1 N–H and O–H groups in total. The van der Waals surface area contributed by atoms with Crippen molar-refractivity contribution >= 4 is 17.6 Å². The molecule has 1 aliphatic rings. The van der Waals surface area contributed by atoms with Gasteiger partial charge in [0.05, 0.1) is 5.56 Å². The Morgan fingerprint density at radius 3 is 2.35 bits per heavy atom. The van der Waals surface area contributed by atoms with Gasteiger partial charge in [0, 0.05) is 11.8 Å². The summed E-state index contributed by atoms with van der Waals surface area (Å²) in [4.78, 5) is 24.6. The molecule has 2 aromatic carbocycles. The first-order valence-electron chi connectivity index (χ1n) is 8.42. The summed E-state index contributed by atoms with van der Waals surface area (Å²) in [7, 11) is 0. The van der Waals surface area contributed by atoms with E-state index in [-0.39, 0.29) is 0 Å². The van der Waals surface area contributed by atoms with Crippen LogP contribution in [-0.2, 0) is 9.53 Å². The quantitative estimate of drug-likeness (QED) is 0.852. The summed E-state index contributed by atoms with van der Waals surface area (Å²) in [5.74, 6) is 0.276. The minimum Gasteiger partial charge on any atom is -0.486 e. The zero-order valence-corrected chi connectivity index (χ0v) is 15.0. The van der Waals surface area contributed by atoms with E-state index in [9.17, 15) is 9.59 Å². The molecule has 1 heterocycles. The van der Waals surface area contributed by atoms with E-state index in [4.69, 9.17) is 14.2 Å². The number of nitrogens with one attached hydrogen (secondary N) is 1. The fourth-order valence-electron chi connectivity index (χ4n) is 2.74. The highest BCUT2D eigenvalue weighted by atomic mass is 16.6. The van der Waals surface area contributed by atoms with Gasteiger partial charge in [-0.3, -0.25) is 4.79 Å². The van der Waals surface area contributed by atoms with E-state index >= 15 is 0 Å². The van der Waals surface area contributed by atoms with E-state index < -0.39 is 18.0 Å². The third-order valence-electron chi connectivity index (χ3n) is 3.92. The summed E-state index contributed by atoms with van der Waals surface area (Å²) in [6, 6.07) is 10.6. The molecule has 6 heteroatoms. The molecule has 26 heavy (non-hydrogen) atoms. The number of anilines is 1. The SMILES string of the molecule is Cc1cc(C)cc(C(=O)OC(C)C(=O)Nc2ccc3c(c2)OCCO3)c1. The molecule has 0 aliphatic carbocycles. The van der Waals surface area contributed by atoms with Gasteiger partial charge >= 0.3 is 5.97 Å². The number of esters is 1. The summed E-state index contributed by atoms with van der Waals surface area (Å²) in [6.45, 7) is 6.32. The first kappa shape index (κ1) is 17.8. The zero-order valence-electron chi connectivity index (χ0n) is 15.0. The van der Waals surface area contributed by atoms with Crippen LogP contribution in [0.15, 0.2) is 36.4 Å². The lowest BCUT2D eigenvalue weighted by Crippen LogP contribution is -2.30. The van der Waals surface area contributed by atoms with Crippen LogP contribution in [0.3, 0.4) is 0 Å².